The molecule has 0 spiro atoms. The number of carbonyl (C=O) groups is 2. The van der Waals surface area contributed by atoms with Crippen LogP contribution >= 0.6 is 0 Å². The lowest BCUT2D eigenvalue weighted by Crippen LogP contribution is -2.51. The van der Waals surface area contributed by atoms with Gasteiger partial charge in [0.25, 0.3) is 0 Å². The number of ether oxygens (including phenoxy) is 1. The van der Waals surface area contributed by atoms with Gasteiger partial charge in [-0.05, 0) is 18.6 Å². The van der Waals surface area contributed by atoms with Gasteiger partial charge in [-0.1, -0.05) is 0 Å². The van der Waals surface area contributed by atoms with E-state index in [0.29, 0.717) is 39.2 Å². The molecule has 2 rings (SSSR count). The largest absolute Gasteiger partial charge is 0.450 e. The fourth-order valence-electron chi connectivity index (χ4n) is 2.11. The molecule has 0 radical (unpaired) electrons. The molecule has 1 N–H and O–H groups in total. The Hall–Kier alpha value is -1.98. The lowest BCUT2D eigenvalue weighted by atomic mass is 10.2. The van der Waals surface area contributed by atoms with Gasteiger partial charge in [-0.15, -0.1) is 0 Å². The van der Waals surface area contributed by atoms with Crippen molar-refractivity contribution in [1.82, 2.24) is 14.8 Å². The van der Waals surface area contributed by atoms with Crippen LogP contribution in [0.15, 0.2) is 18.5 Å². The highest BCUT2D eigenvalue weighted by molar-refractivity contribution is 5.79. The summed E-state index contributed by atoms with van der Waals surface area (Å²) in [7, 11) is 0. The van der Waals surface area contributed by atoms with Gasteiger partial charge in [0.05, 0.1) is 13.0 Å². The number of nitrogens with one attached hydrogen (secondary N) is 1. The smallest absolute Gasteiger partial charge is 0.409 e. The van der Waals surface area contributed by atoms with E-state index in [1.165, 1.54) is 0 Å². The predicted molar refractivity (Wildman–Crippen MR) is 69.7 cm³/mol. The number of H-pyrrole nitrogens is 1. The molecule has 6 heteroatoms. The van der Waals surface area contributed by atoms with Gasteiger partial charge >= 0.3 is 6.09 Å². The molecule has 1 saturated heterocycles. The highest BCUT2D eigenvalue weighted by atomic mass is 16.6. The number of amides is 2. The van der Waals surface area contributed by atoms with Gasteiger partial charge in [0, 0.05) is 38.6 Å². The standard InChI is InChI=1S/C13H19N3O3/c1-2-19-13(18)16-7-5-15(6-8-16)12(17)9-11-3-4-14-10-11/h3-4,10,14H,2,5-9H2,1H3. The van der Waals surface area contributed by atoms with Crippen LogP contribution in [-0.4, -0.2) is 59.6 Å². The maximum absolute atomic E-state index is 12.0. The summed E-state index contributed by atoms with van der Waals surface area (Å²) in [6.45, 7) is 4.39. The summed E-state index contributed by atoms with van der Waals surface area (Å²) < 4.78 is 4.94. The van der Waals surface area contributed by atoms with Crippen LogP contribution in [0.3, 0.4) is 0 Å². The maximum Gasteiger partial charge on any atom is 0.409 e. The first-order valence-electron chi connectivity index (χ1n) is 6.52. The first-order chi connectivity index (χ1) is 9.20. The minimum Gasteiger partial charge on any atom is -0.450 e. The quantitative estimate of drug-likeness (QED) is 0.881. The van der Waals surface area contributed by atoms with Gasteiger partial charge in [-0.2, -0.15) is 0 Å². The third-order valence-electron chi connectivity index (χ3n) is 3.18. The molecule has 19 heavy (non-hydrogen) atoms. The number of hydrogen-bond acceptors (Lipinski definition) is 3. The topological polar surface area (TPSA) is 65.6 Å². The lowest BCUT2D eigenvalue weighted by molar-refractivity contribution is -0.132. The Labute approximate surface area is 112 Å². The van der Waals surface area contributed by atoms with Crippen molar-refractivity contribution in [3.8, 4) is 0 Å². The van der Waals surface area contributed by atoms with Crippen LogP contribution in [0, 0.1) is 0 Å². The molecule has 2 amide bonds. The van der Waals surface area contributed by atoms with Crippen molar-refractivity contribution in [3.63, 3.8) is 0 Å². The summed E-state index contributed by atoms with van der Waals surface area (Å²) in [6.07, 6.45) is 3.75. The minimum atomic E-state index is -0.291. The second kappa shape index (κ2) is 6.26. The fourth-order valence-corrected chi connectivity index (χ4v) is 2.11. The number of nitrogens with zero attached hydrogens (tertiary/aromatic N) is 2. The number of aromatic amines is 1. The van der Waals surface area contributed by atoms with E-state index in [-0.39, 0.29) is 12.0 Å². The predicted octanol–water partition coefficient (Wildman–Crippen LogP) is 0.858. The molecule has 0 aliphatic carbocycles. The third-order valence-corrected chi connectivity index (χ3v) is 3.18. The van der Waals surface area contributed by atoms with Crippen LogP contribution in [0.4, 0.5) is 4.79 Å². The van der Waals surface area contributed by atoms with Crippen LogP contribution in [0.2, 0.25) is 0 Å². The minimum absolute atomic E-state index is 0.100. The van der Waals surface area contributed by atoms with E-state index >= 15 is 0 Å². The Morgan fingerprint density at radius 3 is 2.53 bits per heavy atom. The van der Waals surface area contributed by atoms with Crippen LogP contribution in [-0.2, 0) is 16.0 Å². The van der Waals surface area contributed by atoms with Crippen molar-refractivity contribution in [3.05, 3.63) is 24.0 Å². The van der Waals surface area contributed by atoms with Crippen LogP contribution < -0.4 is 0 Å². The summed E-state index contributed by atoms with van der Waals surface area (Å²) >= 11 is 0. The molecular weight excluding hydrogens is 246 g/mol. The molecule has 0 unspecified atom stereocenters. The average molecular weight is 265 g/mol. The van der Waals surface area contributed by atoms with E-state index in [4.69, 9.17) is 4.74 Å². The number of carbonyl (C=O) groups excluding carboxylic acids is 2. The van der Waals surface area contributed by atoms with Gasteiger partial charge in [-0.3, -0.25) is 4.79 Å². The molecule has 0 saturated carbocycles. The van der Waals surface area contributed by atoms with Crippen LogP contribution in [0.5, 0.6) is 0 Å². The van der Waals surface area contributed by atoms with Gasteiger partial charge in [0.1, 0.15) is 0 Å². The zero-order chi connectivity index (χ0) is 13.7. The number of piperazine rings is 1. The number of hydrogen-bond donors (Lipinski definition) is 1. The van der Waals surface area contributed by atoms with Crippen LogP contribution in [0.1, 0.15) is 12.5 Å². The molecular formula is C13H19N3O3. The molecule has 1 aromatic heterocycles. The van der Waals surface area contributed by atoms with Crippen molar-refractivity contribution in [1.29, 1.82) is 0 Å². The van der Waals surface area contributed by atoms with Gasteiger partial charge < -0.3 is 19.5 Å². The molecule has 1 aromatic rings. The zero-order valence-electron chi connectivity index (χ0n) is 11.1. The van der Waals surface area contributed by atoms with E-state index in [9.17, 15) is 9.59 Å². The molecule has 0 atom stereocenters. The molecule has 0 bridgehead atoms. The molecule has 104 valence electrons. The summed E-state index contributed by atoms with van der Waals surface area (Å²) in [5.74, 6) is 0.100. The van der Waals surface area contributed by atoms with Crippen molar-refractivity contribution < 1.29 is 14.3 Å². The van der Waals surface area contributed by atoms with Crippen molar-refractivity contribution in [2.24, 2.45) is 0 Å². The third kappa shape index (κ3) is 3.49. The van der Waals surface area contributed by atoms with Crippen LogP contribution in [0.25, 0.3) is 0 Å². The summed E-state index contributed by atoms with van der Waals surface area (Å²) in [4.78, 5) is 29.9. The average Bonchev–Trinajstić information content (AvgIpc) is 2.92. The molecule has 1 fully saturated rings. The Bertz CT molecular complexity index is 422. The second-order valence-corrected chi connectivity index (χ2v) is 4.46. The highest BCUT2D eigenvalue weighted by Gasteiger charge is 2.24. The lowest BCUT2D eigenvalue weighted by Gasteiger charge is -2.34. The molecule has 6 nitrogen and oxygen atoms in total. The SMILES string of the molecule is CCOC(=O)N1CCN(C(=O)Cc2cc[nH]c2)CC1. The Morgan fingerprint density at radius 2 is 1.95 bits per heavy atom. The summed E-state index contributed by atoms with van der Waals surface area (Å²) in [6, 6.07) is 1.90. The van der Waals surface area contributed by atoms with Gasteiger partial charge in [-0.25, -0.2) is 4.79 Å². The molecule has 2 heterocycles. The van der Waals surface area contributed by atoms with Crippen molar-refractivity contribution >= 4 is 12.0 Å². The van der Waals surface area contributed by atoms with E-state index < -0.39 is 0 Å². The zero-order valence-corrected chi connectivity index (χ0v) is 11.1. The Morgan fingerprint density at radius 1 is 1.26 bits per heavy atom. The first kappa shape index (κ1) is 13.5. The van der Waals surface area contributed by atoms with E-state index in [2.05, 4.69) is 4.98 Å². The van der Waals surface area contributed by atoms with Crippen molar-refractivity contribution in [2.45, 2.75) is 13.3 Å². The second-order valence-electron chi connectivity index (χ2n) is 4.46. The first-order valence-corrected chi connectivity index (χ1v) is 6.52. The molecule has 0 aromatic carbocycles. The maximum atomic E-state index is 12.0. The highest BCUT2D eigenvalue weighted by Crippen LogP contribution is 2.07. The summed E-state index contributed by atoms with van der Waals surface area (Å²) in [5, 5.41) is 0. The summed E-state index contributed by atoms with van der Waals surface area (Å²) in [5.41, 5.74) is 0.984. The van der Waals surface area contributed by atoms with E-state index in [1.807, 2.05) is 12.3 Å². The molecule has 1 aliphatic rings. The van der Waals surface area contributed by atoms with E-state index in [1.54, 1.807) is 22.9 Å². The fraction of sp³-hybridized carbons (Fsp3) is 0.538. The van der Waals surface area contributed by atoms with E-state index in [0.717, 1.165) is 5.56 Å². The normalized spacial score (nSPS) is 15.4. The monoisotopic (exact) mass is 265 g/mol. The van der Waals surface area contributed by atoms with Gasteiger partial charge in [0.15, 0.2) is 0 Å². The Kier molecular flexibility index (Phi) is 4.43. The van der Waals surface area contributed by atoms with Crippen molar-refractivity contribution in [2.75, 3.05) is 32.8 Å². The number of rotatable bonds is 3. The molecule has 1 aliphatic heterocycles. The Balaban J connectivity index is 1.79. The van der Waals surface area contributed by atoms with Gasteiger partial charge in [0.2, 0.25) is 5.91 Å². The number of aromatic nitrogens is 1.